The van der Waals surface area contributed by atoms with Gasteiger partial charge in [0.05, 0.1) is 0 Å². The van der Waals surface area contributed by atoms with Crippen molar-refractivity contribution in [1.82, 2.24) is 0 Å². The Balaban J connectivity index is 2.96. The van der Waals surface area contributed by atoms with Gasteiger partial charge in [0.25, 0.3) is 0 Å². The molecule has 1 aliphatic rings. The fourth-order valence-corrected chi connectivity index (χ4v) is 2.48. The fourth-order valence-electron chi connectivity index (χ4n) is 2.48. The van der Waals surface area contributed by atoms with Crippen molar-refractivity contribution in [2.75, 3.05) is 13.1 Å². The summed E-state index contributed by atoms with van der Waals surface area (Å²) >= 11 is 0. The van der Waals surface area contributed by atoms with Crippen molar-refractivity contribution in [3.63, 3.8) is 0 Å². The van der Waals surface area contributed by atoms with E-state index in [-0.39, 0.29) is 22.4 Å². The summed E-state index contributed by atoms with van der Waals surface area (Å²) in [7, 11) is 0. The van der Waals surface area contributed by atoms with Gasteiger partial charge in [-0.2, -0.15) is 0 Å². The van der Waals surface area contributed by atoms with Crippen LogP contribution in [0.2, 0.25) is 0 Å². The van der Waals surface area contributed by atoms with Crippen molar-refractivity contribution in [1.29, 1.82) is 0 Å². The summed E-state index contributed by atoms with van der Waals surface area (Å²) in [5.74, 6) is -0.252. The number of hydrogen-bond donors (Lipinski definition) is 0. The van der Waals surface area contributed by atoms with E-state index in [0.717, 1.165) is 19.3 Å². The van der Waals surface area contributed by atoms with E-state index < -0.39 is 0 Å². The second-order valence-corrected chi connectivity index (χ2v) is 4.35. The van der Waals surface area contributed by atoms with Crippen LogP contribution in [0, 0.1) is 0 Å². The average molecular weight is 226 g/mol. The molecule has 0 amide bonds. The van der Waals surface area contributed by atoms with Crippen molar-refractivity contribution in [3.05, 3.63) is 12.7 Å². The number of nitrogens with zero attached hydrogens (tertiary/aromatic N) is 1. The van der Waals surface area contributed by atoms with Crippen LogP contribution in [0.25, 0.3) is 0 Å². The summed E-state index contributed by atoms with van der Waals surface area (Å²) < 4.78 is 0.105. The van der Waals surface area contributed by atoms with Crippen LogP contribution in [0.15, 0.2) is 12.7 Å². The van der Waals surface area contributed by atoms with Gasteiger partial charge in [-0.05, 0) is 12.5 Å². The first-order chi connectivity index (χ1) is 7.52. The minimum absolute atomic E-state index is 0.0859. The summed E-state index contributed by atoms with van der Waals surface area (Å²) in [6.45, 7) is 7.84. The van der Waals surface area contributed by atoms with E-state index in [0.29, 0.717) is 13.1 Å². The minimum Gasteiger partial charge on any atom is -0.293 e. The predicted molar refractivity (Wildman–Crippen MR) is 60.3 cm³/mol. The summed E-state index contributed by atoms with van der Waals surface area (Å²) in [4.78, 5) is 28.2. The van der Waals surface area contributed by atoms with E-state index in [1.54, 1.807) is 13.0 Å². The summed E-state index contributed by atoms with van der Waals surface area (Å²) in [5, 5.41) is 0. The van der Waals surface area contributed by atoms with Crippen LogP contribution >= 0.6 is 0 Å². The lowest BCUT2D eigenvalue weighted by Crippen LogP contribution is -2.61. The molecule has 16 heavy (non-hydrogen) atoms. The SMILES string of the molecule is C=CC[N+]1(OC(C)=O)CCCCC1C(C)=O. The Kier molecular flexibility index (Phi) is 4.24. The molecule has 0 spiro atoms. The standard InChI is InChI=1S/C12H20NO3/c1-4-8-13(16-11(3)15)9-6-5-7-12(13)10(2)14/h4,12H,1,5-9H2,2-3H3/q+1. The second kappa shape index (κ2) is 5.25. The van der Waals surface area contributed by atoms with Gasteiger partial charge in [-0.1, -0.05) is 6.58 Å². The van der Waals surface area contributed by atoms with Crippen LogP contribution in [0.4, 0.5) is 0 Å². The molecule has 4 heteroatoms. The molecule has 0 saturated carbocycles. The van der Waals surface area contributed by atoms with E-state index in [1.807, 2.05) is 0 Å². The van der Waals surface area contributed by atoms with E-state index in [2.05, 4.69) is 6.58 Å². The number of hydrogen-bond acceptors (Lipinski definition) is 3. The lowest BCUT2D eigenvalue weighted by molar-refractivity contribution is -1.10. The molecule has 1 heterocycles. The monoisotopic (exact) mass is 226 g/mol. The summed E-state index contributed by atoms with van der Waals surface area (Å²) in [5.41, 5.74) is 0. The van der Waals surface area contributed by atoms with Crippen LogP contribution in [-0.2, 0) is 14.4 Å². The Labute approximate surface area is 96.4 Å². The molecule has 0 aliphatic carbocycles. The number of quaternary nitrogens is 1. The fraction of sp³-hybridized carbons (Fsp3) is 0.667. The smallest absolute Gasteiger partial charge is 0.293 e. The Morgan fingerprint density at radius 1 is 1.44 bits per heavy atom. The molecule has 0 aromatic carbocycles. The zero-order chi connectivity index (χ0) is 12.2. The molecule has 0 N–H and O–H groups in total. The third-order valence-electron chi connectivity index (χ3n) is 3.05. The van der Waals surface area contributed by atoms with Gasteiger partial charge in [0.15, 0.2) is 11.8 Å². The third kappa shape index (κ3) is 2.70. The van der Waals surface area contributed by atoms with Crippen molar-refractivity contribution >= 4 is 11.8 Å². The van der Waals surface area contributed by atoms with Crippen LogP contribution in [0.5, 0.6) is 0 Å². The Bertz CT molecular complexity index is 301. The van der Waals surface area contributed by atoms with Crippen molar-refractivity contribution in [2.24, 2.45) is 0 Å². The molecule has 4 nitrogen and oxygen atoms in total. The Morgan fingerprint density at radius 2 is 2.12 bits per heavy atom. The predicted octanol–water partition coefficient (Wildman–Crippen LogP) is 1.61. The minimum atomic E-state index is -0.338. The molecule has 0 aromatic rings. The highest BCUT2D eigenvalue weighted by Crippen LogP contribution is 2.27. The van der Waals surface area contributed by atoms with Gasteiger partial charge >= 0.3 is 5.97 Å². The van der Waals surface area contributed by atoms with Crippen molar-refractivity contribution < 1.29 is 19.1 Å². The zero-order valence-corrected chi connectivity index (χ0v) is 10.1. The number of carbonyl (C=O) groups is 2. The maximum absolute atomic E-state index is 11.6. The van der Waals surface area contributed by atoms with Gasteiger partial charge in [0, 0.05) is 26.7 Å². The first-order valence-electron chi connectivity index (χ1n) is 5.70. The molecule has 0 radical (unpaired) electrons. The highest BCUT2D eigenvalue weighted by atomic mass is 16.7. The van der Waals surface area contributed by atoms with Gasteiger partial charge in [0.2, 0.25) is 0 Å². The van der Waals surface area contributed by atoms with E-state index in [1.165, 1.54) is 6.92 Å². The maximum atomic E-state index is 11.6. The topological polar surface area (TPSA) is 43.4 Å². The van der Waals surface area contributed by atoms with Crippen molar-refractivity contribution in [2.45, 2.75) is 39.2 Å². The van der Waals surface area contributed by atoms with Crippen molar-refractivity contribution in [3.8, 4) is 0 Å². The highest BCUT2D eigenvalue weighted by Gasteiger charge is 2.45. The van der Waals surface area contributed by atoms with Gasteiger partial charge in [-0.3, -0.25) is 9.63 Å². The van der Waals surface area contributed by atoms with Crippen LogP contribution in [0.3, 0.4) is 0 Å². The van der Waals surface area contributed by atoms with Gasteiger partial charge in [-0.15, -0.1) is 4.65 Å². The first-order valence-corrected chi connectivity index (χ1v) is 5.70. The summed E-state index contributed by atoms with van der Waals surface area (Å²) in [6, 6.07) is -0.226. The maximum Gasteiger partial charge on any atom is 0.363 e. The van der Waals surface area contributed by atoms with E-state index in [9.17, 15) is 9.59 Å². The lowest BCUT2D eigenvalue weighted by Gasteiger charge is -2.41. The van der Waals surface area contributed by atoms with E-state index >= 15 is 0 Å². The van der Waals surface area contributed by atoms with Gasteiger partial charge in [-0.25, -0.2) is 4.79 Å². The molecule has 2 unspecified atom stereocenters. The molecule has 0 aromatic heterocycles. The van der Waals surface area contributed by atoms with Crippen LogP contribution in [-0.4, -0.2) is 35.5 Å². The number of hydroxylamine groups is 3. The molecular formula is C12H20NO3+. The number of ketones is 1. The third-order valence-corrected chi connectivity index (χ3v) is 3.05. The summed E-state index contributed by atoms with van der Waals surface area (Å²) in [6.07, 6.45) is 4.49. The molecular weight excluding hydrogens is 206 g/mol. The van der Waals surface area contributed by atoms with Gasteiger partial charge < -0.3 is 0 Å². The Morgan fingerprint density at radius 3 is 2.62 bits per heavy atom. The molecule has 1 aliphatic heterocycles. The molecule has 1 fully saturated rings. The van der Waals surface area contributed by atoms with Gasteiger partial charge in [0.1, 0.15) is 13.1 Å². The van der Waals surface area contributed by atoms with Crippen LogP contribution < -0.4 is 0 Å². The largest absolute Gasteiger partial charge is 0.363 e. The van der Waals surface area contributed by atoms with E-state index in [4.69, 9.17) is 4.84 Å². The Hall–Kier alpha value is -1.16. The number of piperidine rings is 1. The number of rotatable bonds is 4. The number of Topliss-reactive ketones (excluding diaryl/α,β-unsaturated/α-hetero) is 1. The molecule has 2 atom stereocenters. The lowest BCUT2D eigenvalue weighted by atomic mass is 9.98. The molecule has 90 valence electrons. The molecule has 1 saturated heterocycles. The second-order valence-electron chi connectivity index (χ2n) is 4.35. The highest BCUT2D eigenvalue weighted by molar-refractivity contribution is 5.80. The quantitative estimate of drug-likeness (QED) is 0.540. The molecule has 1 rings (SSSR count). The first kappa shape index (κ1) is 12.9. The average Bonchev–Trinajstić information content (AvgIpc) is 2.16. The van der Waals surface area contributed by atoms with Crippen LogP contribution in [0.1, 0.15) is 33.1 Å². The number of carbonyl (C=O) groups excluding carboxylic acids is 2. The molecule has 0 bridgehead atoms. The number of likely N-dealkylation sites (tertiary alicyclic amines) is 1. The normalized spacial score (nSPS) is 29.5. The zero-order valence-electron chi connectivity index (χ0n) is 10.1.